The van der Waals surface area contributed by atoms with E-state index < -0.39 is 22.3 Å². The third kappa shape index (κ3) is 6.21. The lowest BCUT2D eigenvalue weighted by Crippen LogP contribution is -2.36. The van der Waals surface area contributed by atoms with Gasteiger partial charge in [0.05, 0.1) is 0 Å². The number of nitrogens with two attached hydrogens (primary N) is 1. The van der Waals surface area contributed by atoms with Crippen LogP contribution < -0.4 is 10.5 Å². The summed E-state index contributed by atoms with van der Waals surface area (Å²) >= 11 is 0. The van der Waals surface area contributed by atoms with Crippen molar-refractivity contribution in [3.05, 3.63) is 101 Å². The van der Waals surface area contributed by atoms with E-state index in [0.29, 0.717) is 30.4 Å². The molecule has 1 aliphatic rings. The third-order valence-electron chi connectivity index (χ3n) is 5.74. The molecule has 10 heteroatoms. The van der Waals surface area contributed by atoms with Gasteiger partial charge in [0.25, 0.3) is 0 Å². The van der Waals surface area contributed by atoms with Gasteiger partial charge in [-0.15, -0.1) is 0 Å². The van der Waals surface area contributed by atoms with Gasteiger partial charge in [0.2, 0.25) is 0 Å². The summed E-state index contributed by atoms with van der Waals surface area (Å²) < 4.78 is 39.3. The minimum atomic E-state index is -4.51. The summed E-state index contributed by atoms with van der Waals surface area (Å²) in [4.78, 5) is 25.4. The predicted molar refractivity (Wildman–Crippen MR) is 134 cm³/mol. The van der Waals surface area contributed by atoms with Crippen LogP contribution in [0.3, 0.4) is 0 Å². The number of carbonyl (C=O) groups excluding carboxylic acids is 2. The molecule has 0 saturated heterocycles. The molecule has 1 unspecified atom stereocenters. The fourth-order valence-corrected chi connectivity index (χ4v) is 4.87. The van der Waals surface area contributed by atoms with Crippen molar-refractivity contribution >= 4 is 27.8 Å². The number of aromatic nitrogens is 1. The minimum Gasteiger partial charge on any atom is -0.456 e. The van der Waals surface area contributed by atoms with E-state index in [0.717, 1.165) is 15.1 Å². The second-order valence-electron chi connectivity index (χ2n) is 8.37. The second-order valence-corrected chi connectivity index (χ2v) is 9.92. The molecule has 0 aliphatic heterocycles. The molecule has 4 rings (SSSR count). The Morgan fingerprint density at radius 3 is 2.14 bits per heavy atom. The van der Waals surface area contributed by atoms with E-state index in [1.54, 1.807) is 36.4 Å². The third-order valence-corrected chi connectivity index (χ3v) is 6.99. The highest BCUT2D eigenvalue weighted by Crippen LogP contribution is 2.30. The van der Waals surface area contributed by atoms with Crippen molar-refractivity contribution in [2.24, 2.45) is 5.73 Å². The summed E-state index contributed by atoms with van der Waals surface area (Å²) in [6, 6.07) is 19.4. The molecule has 1 amide bonds. The molecule has 1 aromatic heterocycles. The van der Waals surface area contributed by atoms with E-state index in [1.807, 2.05) is 35.1 Å². The highest BCUT2D eigenvalue weighted by Gasteiger charge is 2.29. The van der Waals surface area contributed by atoms with Crippen molar-refractivity contribution in [2.45, 2.75) is 38.5 Å². The molecule has 3 N–H and O–H groups in total. The number of carbonyl (C=O) groups is 2. The highest BCUT2D eigenvalue weighted by atomic mass is 32.2. The van der Waals surface area contributed by atoms with E-state index in [-0.39, 0.29) is 24.9 Å². The Hall–Kier alpha value is -3.89. The van der Waals surface area contributed by atoms with Gasteiger partial charge in [0.15, 0.2) is 5.69 Å². The van der Waals surface area contributed by atoms with Gasteiger partial charge in [-0.25, -0.2) is 18.3 Å². The summed E-state index contributed by atoms with van der Waals surface area (Å²) in [5.41, 5.74) is 8.45. The molecule has 188 valence electrons. The SMILES string of the molecule is NC1CC=C(c2ccn(S(=O)(=O)NC(=O)OCc3ccccc3)c2C(=O)OCc2ccccc2)CC1. The number of ether oxygens (including phenoxy) is 2. The van der Waals surface area contributed by atoms with Crippen molar-refractivity contribution in [3.8, 4) is 0 Å². The molecule has 0 saturated carbocycles. The summed E-state index contributed by atoms with van der Waals surface area (Å²) in [7, 11) is -4.51. The van der Waals surface area contributed by atoms with Crippen LogP contribution in [0, 0.1) is 0 Å². The number of esters is 1. The first kappa shape index (κ1) is 25.2. The van der Waals surface area contributed by atoms with E-state index in [9.17, 15) is 18.0 Å². The molecule has 1 heterocycles. The van der Waals surface area contributed by atoms with Crippen LogP contribution in [0.2, 0.25) is 0 Å². The van der Waals surface area contributed by atoms with Crippen LogP contribution >= 0.6 is 0 Å². The van der Waals surface area contributed by atoms with Gasteiger partial charge in [0, 0.05) is 17.8 Å². The zero-order chi connectivity index (χ0) is 25.5. The molecular weight excluding hydrogens is 482 g/mol. The predicted octanol–water partition coefficient (Wildman–Crippen LogP) is 3.76. The van der Waals surface area contributed by atoms with Gasteiger partial charge < -0.3 is 15.2 Å². The first-order valence-corrected chi connectivity index (χ1v) is 12.9. The number of allylic oxidation sites excluding steroid dienone is 1. The molecular formula is C26H27N3O6S. The summed E-state index contributed by atoms with van der Waals surface area (Å²) in [6.45, 7) is -0.154. The van der Waals surface area contributed by atoms with Crippen LogP contribution in [-0.2, 0) is 32.9 Å². The van der Waals surface area contributed by atoms with Crippen molar-refractivity contribution in [3.63, 3.8) is 0 Å². The fraction of sp³-hybridized carbons (Fsp3) is 0.231. The molecule has 2 aromatic carbocycles. The molecule has 0 bridgehead atoms. The van der Waals surface area contributed by atoms with E-state index >= 15 is 0 Å². The monoisotopic (exact) mass is 509 g/mol. The Labute approximate surface area is 209 Å². The lowest BCUT2D eigenvalue weighted by molar-refractivity contribution is 0.0463. The van der Waals surface area contributed by atoms with Crippen LogP contribution in [0.4, 0.5) is 4.79 Å². The second kappa shape index (κ2) is 11.2. The Bertz CT molecular complexity index is 1350. The normalized spacial score (nSPS) is 15.6. The van der Waals surface area contributed by atoms with Crippen LogP contribution in [0.15, 0.2) is 79.0 Å². The molecule has 9 nitrogen and oxygen atoms in total. The maximum Gasteiger partial charge on any atom is 0.422 e. The van der Waals surface area contributed by atoms with Crippen LogP contribution in [0.25, 0.3) is 5.57 Å². The number of hydrogen-bond acceptors (Lipinski definition) is 7. The molecule has 1 aliphatic carbocycles. The Morgan fingerprint density at radius 1 is 0.944 bits per heavy atom. The maximum atomic E-state index is 13.2. The topological polar surface area (TPSA) is 130 Å². The van der Waals surface area contributed by atoms with Crippen molar-refractivity contribution in [2.75, 3.05) is 0 Å². The average molecular weight is 510 g/mol. The van der Waals surface area contributed by atoms with E-state index in [1.165, 1.54) is 12.3 Å². The first-order chi connectivity index (χ1) is 17.3. The van der Waals surface area contributed by atoms with Gasteiger partial charge in [-0.3, -0.25) is 0 Å². The smallest absolute Gasteiger partial charge is 0.422 e. The van der Waals surface area contributed by atoms with E-state index in [2.05, 4.69) is 0 Å². The van der Waals surface area contributed by atoms with Gasteiger partial charge in [0.1, 0.15) is 13.2 Å². The highest BCUT2D eigenvalue weighted by molar-refractivity contribution is 7.88. The fourth-order valence-electron chi connectivity index (χ4n) is 3.87. The summed E-state index contributed by atoms with van der Waals surface area (Å²) in [6.07, 6.45) is 3.84. The molecule has 1 atom stereocenters. The minimum absolute atomic E-state index is 0.00843. The molecule has 0 spiro atoms. The van der Waals surface area contributed by atoms with Crippen molar-refractivity contribution in [1.29, 1.82) is 0 Å². The van der Waals surface area contributed by atoms with Crippen molar-refractivity contribution < 1.29 is 27.5 Å². The zero-order valence-corrected chi connectivity index (χ0v) is 20.3. The summed E-state index contributed by atoms with van der Waals surface area (Å²) in [5.74, 6) is -0.836. The lowest BCUT2D eigenvalue weighted by Gasteiger charge is -2.19. The van der Waals surface area contributed by atoms with Gasteiger partial charge >= 0.3 is 22.3 Å². The van der Waals surface area contributed by atoms with Gasteiger partial charge in [-0.1, -0.05) is 66.7 Å². The van der Waals surface area contributed by atoms with Crippen LogP contribution in [0.1, 0.15) is 46.4 Å². The largest absolute Gasteiger partial charge is 0.456 e. The Kier molecular flexibility index (Phi) is 7.87. The molecule has 36 heavy (non-hydrogen) atoms. The lowest BCUT2D eigenvalue weighted by atomic mass is 9.91. The number of hydrogen-bond donors (Lipinski definition) is 2. The maximum absolute atomic E-state index is 13.2. The number of benzene rings is 2. The summed E-state index contributed by atoms with van der Waals surface area (Å²) in [5, 5.41) is 0. The standard InChI is InChI=1S/C26H27N3O6S/c27-22-13-11-21(12-14-22)23-15-16-29(24(23)25(30)34-17-19-7-3-1-4-8-19)36(32,33)28-26(31)35-18-20-9-5-2-6-10-20/h1-11,15-16,22H,12-14,17-18,27H2,(H,28,31). The molecule has 0 radical (unpaired) electrons. The number of rotatable bonds is 8. The van der Waals surface area contributed by atoms with Gasteiger partial charge in [-0.2, -0.15) is 8.42 Å². The first-order valence-electron chi connectivity index (χ1n) is 11.4. The van der Waals surface area contributed by atoms with E-state index in [4.69, 9.17) is 15.2 Å². The molecule has 0 fully saturated rings. The number of amides is 1. The van der Waals surface area contributed by atoms with Crippen molar-refractivity contribution in [1.82, 2.24) is 8.69 Å². The Morgan fingerprint density at radius 2 is 1.56 bits per heavy atom. The Balaban J connectivity index is 1.57. The quantitative estimate of drug-likeness (QED) is 0.442. The van der Waals surface area contributed by atoms with Crippen LogP contribution in [0.5, 0.6) is 0 Å². The molecule has 3 aromatic rings. The van der Waals surface area contributed by atoms with Crippen LogP contribution in [-0.4, -0.2) is 30.5 Å². The van der Waals surface area contributed by atoms with Gasteiger partial charge in [-0.05, 0) is 42.0 Å². The average Bonchev–Trinajstić information content (AvgIpc) is 3.34. The zero-order valence-electron chi connectivity index (χ0n) is 19.5. The number of nitrogens with one attached hydrogen (secondary N) is 1. The number of nitrogens with zero attached hydrogens (tertiary/aromatic N) is 1.